The zero-order valence-corrected chi connectivity index (χ0v) is 19.0. The Morgan fingerprint density at radius 2 is 1.67 bits per heavy atom. The van der Waals surface area contributed by atoms with Gasteiger partial charge in [-0.1, -0.05) is 59.1 Å². The third-order valence-electron chi connectivity index (χ3n) is 5.22. The molecule has 9 heteroatoms. The van der Waals surface area contributed by atoms with Crippen LogP contribution < -0.4 is 9.64 Å². The van der Waals surface area contributed by atoms with Gasteiger partial charge in [-0.2, -0.15) is 9.97 Å². The highest BCUT2D eigenvalue weighted by Crippen LogP contribution is 2.39. The van der Waals surface area contributed by atoms with Crippen molar-refractivity contribution in [3.05, 3.63) is 42.2 Å². The molecule has 3 aromatic rings. The van der Waals surface area contributed by atoms with E-state index in [4.69, 9.17) is 44.5 Å². The molecule has 0 N–H and O–H groups in total. The number of anilines is 1. The van der Waals surface area contributed by atoms with Gasteiger partial charge in [0.15, 0.2) is 11.6 Å². The summed E-state index contributed by atoms with van der Waals surface area (Å²) in [5.74, 6) is 1.89. The van der Waals surface area contributed by atoms with Crippen molar-refractivity contribution in [1.82, 2.24) is 19.9 Å². The molecule has 2 heterocycles. The topological polar surface area (TPSA) is 54.4 Å². The number of hydrogen-bond donors (Lipinski definition) is 0. The molecular formula is C21H22Cl3N5O. The summed E-state index contributed by atoms with van der Waals surface area (Å²) in [6, 6.07) is 11.8. The first-order valence-electron chi connectivity index (χ1n) is 9.69. The minimum absolute atomic E-state index is 0.116. The number of methoxy groups -OCH3 is 1. The van der Waals surface area contributed by atoms with Crippen molar-refractivity contribution < 1.29 is 4.74 Å². The van der Waals surface area contributed by atoms with Crippen LogP contribution in [0.1, 0.15) is 12.2 Å². The summed E-state index contributed by atoms with van der Waals surface area (Å²) in [4.78, 5) is 18.2. The van der Waals surface area contributed by atoms with Crippen molar-refractivity contribution in [1.29, 1.82) is 0 Å². The molecule has 1 fully saturated rings. The van der Waals surface area contributed by atoms with Gasteiger partial charge in [-0.05, 0) is 37.5 Å². The lowest BCUT2D eigenvalue weighted by Gasteiger charge is -2.22. The number of nitrogens with zero attached hydrogens (tertiary/aromatic N) is 5. The molecule has 0 amide bonds. The summed E-state index contributed by atoms with van der Waals surface area (Å²) in [6.07, 6.45) is 1.01. The molecule has 1 aliphatic heterocycles. The fourth-order valence-corrected chi connectivity index (χ4v) is 3.90. The van der Waals surface area contributed by atoms with E-state index in [1.165, 1.54) is 0 Å². The van der Waals surface area contributed by atoms with Gasteiger partial charge in [-0.3, -0.25) is 0 Å². The summed E-state index contributed by atoms with van der Waals surface area (Å²) in [5, 5.41) is 1.92. The summed E-state index contributed by atoms with van der Waals surface area (Å²) in [5.41, 5.74) is 0.831. The van der Waals surface area contributed by atoms with Crippen molar-refractivity contribution in [2.45, 2.75) is 10.2 Å². The highest BCUT2D eigenvalue weighted by molar-refractivity contribution is 6.66. The summed E-state index contributed by atoms with van der Waals surface area (Å²) >= 11 is 18.5. The first kappa shape index (κ1) is 21.4. The van der Waals surface area contributed by atoms with E-state index in [1.54, 1.807) is 7.11 Å². The highest BCUT2D eigenvalue weighted by Gasteiger charge is 2.30. The Balaban J connectivity index is 1.87. The summed E-state index contributed by atoms with van der Waals surface area (Å²) in [6.45, 7) is 3.56. The molecule has 0 aliphatic carbocycles. The van der Waals surface area contributed by atoms with Crippen molar-refractivity contribution in [3.8, 4) is 17.1 Å². The SMILES string of the molecule is COc1ccc(-c2nc(N3CCCN(C)CC3)nc(C(Cl)(Cl)Cl)n2)c2ccccc12. The zero-order valence-electron chi connectivity index (χ0n) is 16.8. The van der Waals surface area contributed by atoms with Crippen LogP contribution in [0.2, 0.25) is 0 Å². The lowest BCUT2D eigenvalue weighted by Crippen LogP contribution is -2.31. The Labute approximate surface area is 190 Å². The van der Waals surface area contributed by atoms with Crippen LogP contribution in [0.25, 0.3) is 22.2 Å². The molecule has 0 saturated carbocycles. The number of benzene rings is 2. The van der Waals surface area contributed by atoms with Crippen LogP contribution in [-0.4, -0.2) is 60.2 Å². The van der Waals surface area contributed by atoms with Gasteiger partial charge in [0, 0.05) is 30.6 Å². The van der Waals surface area contributed by atoms with Gasteiger partial charge in [0.05, 0.1) is 7.11 Å². The Kier molecular flexibility index (Phi) is 6.21. The maximum Gasteiger partial charge on any atom is 0.250 e. The normalized spacial score (nSPS) is 16.0. The molecule has 1 saturated heterocycles. The third-order valence-corrected chi connectivity index (χ3v) is 5.73. The molecule has 6 nitrogen and oxygen atoms in total. The van der Waals surface area contributed by atoms with E-state index in [9.17, 15) is 0 Å². The number of rotatable bonds is 3. The second-order valence-electron chi connectivity index (χ2n) is 7.29. The maximum absolute atomic E-state index is 6.18. The van der Waals surface area contributed by atoms with Gasteiger partial charge < -0.3 is 14.5 Å². The highest BCUT2D eigenvalue weighted by atomic mass is 35.6. The minimum atomic E-state index is -1.75. The van der Waals surface area contributed by atoms with Crippen LogP contribution >= 0.6 is 34.8 Å². The number of ether oxygens (including phenoxy) is 1. The third kappa shape index (κ3) is 4.42. The number of likely N-dealkylation sites (N-methyl/N-ethyl adjacent to an activating group) is 1. The van der Waals surface area contributed by atoms with Gasteiger partial charge in [-0.15, -0.1) is 0 Å². The Morgan fingerprint density at radius 1 is 0.900 bits per heavy atom. The lowest BCUT2D eigenvalue weighted by atomic mass is 10.0. The molecule has 4 rings (SSSR count). The Hall–Kier alpha value is -1.86. The van der Waals surface area contributed by atoms with Gasteiger partial charge >= 0.3 is 0 Å². The number of halogens is 3. The first-order valence-corrected chi connectivity index (χ1v) is 10.8. The minimum Gasteiger partial charge on any atom is -0.496 e. The van der Waals surface area contributed by atoms with Crippen LogP contribution in [0.3, 0.4) is 0 Å². The van der Waals surface area contributed by atoms with E-state index in [0.717, 1.165) is 54.7 Å². The molecule has 0 bridgehead atoms. The molecule has 2 aromatic carbocycles. The molecule has 1 aliphatic rings. The predicted molar refractivity (Wildman–Crippen MR) is 123 cm³/mol. The largest absolute Gasteiger partial charge is 0.496 e. The smallest absolute Gasteiger partial charge is 0.250 e. The standard InChI is InChI=1S/C21H22Cl3N5O/c1-28-10-5-11-29(13-12-28)20-26-18(25-19(27-20)21(22,23)24)16-8-9-17(30-2)15-7-4-3-6-14(15)16/h3-4,6-9H,5,10-13H2,1-2H3. The number of aromatic nitrogens is 3. The second kappa shape index (κ2) is 8.71. The molecule has 30 heavy (non-hydrogen) atoms. The van der Waals surface area contributed by atoms with E-state index in [0.29, 0.717) is 11.8 Å². The zero-order chi connectivity index (χ0) is 21.3. The first-order chi connectivity index (χ1) is 14.4. The van der Waals surface area contributed by atoms with Gasteiger partial charge in [0.2, 0.25) is 9.74 Å². The van der Waals surface area contributed by atoms with Crippen LogP contribution in [0.4, 0.5) is 5.95 Å². The van der Waals surface area contributed by atoms with Crippen LogP contribution in [-0.2, 0) is 3.79 Å². The van der Waals surface area contributed by atoms with Crippen molar-refractivity contribution in [3.63, 3.8) is 0 Å². The average Bonchev–Trinajstić information content (AvgIpc) is 2.96. The van der Waals surface area contributed by atoms with Gasteiger partial charge in [0.25, 0.3) is 0 Å². The van der Waals surface area contributed by atoms with Crippen LogP contribution in [0.5, 0.6) is 5.75 Å². The van der Waals surface area contributed by atoms with E-state index in [-0.39, 0.29) is 5.82 Å². The summed E-state index contributed by atoms with van der Waals surface area (Å²) < 4.78 is 3.76. The van der Waals surface area contributed by atoms with Gasteiger partial charge in [0.1, 0.15) is 5.75 Å². The fourth-order valence-electron chi connectivity index (χ4n) is 3.64. The number of fused-ring (bicyclic) bond motifs is 1. The van der Waals surface area contributed by atoms with Crippen molar-refractivity contribution >= 4 is 51.5 Å². The molecule has 0 atom stereocenters. The van der Waals surface area contributed by atoms with E-state index >= 15 is 0 Å². The molecule has 0 spiro atoms. The van der Waals surface area contributed by atoms with Crippen LogP contribution in [0, 0.1) is 0 Å². The van der Waals surface area contributed by atoms with Crippen molar-refractivity contribution in [2.24, 2.45) is 0 Å². The molecular weight excluding hydrogens is 445 g/mol. The second-order valence-corrected chi connectivity index (χ2v) is 9.57. The maximum atomic E-state index is 6.18. The van der Waals surface area contributed by atoms with E-state index < -0.39 is 3.79 Å². The molecule has 0 radical (unpaired) electrons. The van der Waals surface area contributed by atoms with E-state index in [2.05, 4.69) is 26.8 Å². The number of alkyl halides is 3. The van der Waals surface area contributed by atoms with Gasteiger partial charge in [-0.25, -0.2) is 4.98 Å². The predicted octanol–water partition coefficient (Wildman–Crippen LogP) is 4.67. The molecule has 158 valence electrons. The monoisotopic (exact) mass is 465 g/mol. The molecule has 1 aromatic heterocycles. The van der Waals surface area contributed by atoms with E-state index in [1.807, 2.05) is 36.4 Å². The van der Waals surface area contributed by atoms with Crippen molar-refractivity contribution in [2.75, 3.05) is 45.2 Å². The van der Waals surface area contributed by atoms with Crippen LogP contribution in [0.15, 0.2) is 36.4 Å². The average molecular weight is 467 g/mol. The Morgan fingerprint density at radius 3 is 2.40 bits per heavy atom. The lowest BCUT2D eigenvalue weighted by molar-refractivity contribution is 0.360. The number of hydrogen-bond acceptors (Lipinski definition) is 6. The Bertz CT molecular complexity index is 1060. The summed E-state index contributed by atoms with van der Waals surface area (Å²) in [7, 11) is 3.76. The fraction of sp³-hybridized carbons (Fsp3) is 0.381. The molecule has 0 unspecified atom stereocenters. The quantitative estimate of drug-likeness (QED) is 0.523.